The second kappa shape index (κ2) is 4.54. The number of hydrogen-bond donors (Lipinski definition) is 1. The number of pyridine rings is 1. The van der Waals surface area contributed by atoms with Crippen LogP contribution in [0.25, 0.3) is 11.5 Å². The highest BCUT2D eigenvalue weighted by molar-refractivity contribution is 9.10. The molecule has 0 atom stereocenters. The normalized spacial score (nSPS) is 10.2. The molecule has 0 aromatic carbocycles. The number of hydrogen-bond acceptors (Lipinski definition) is 4. The van der Waals surface area contributed by atoms with Gasteiger partial charge in [-0.3, -0.25) is 4.98 Å². The first-order valence-corrected chi connectivity index (χ1v) is 5.42. The maximum atomic E-state index is 10.4. The molecule has 0 spiro atoms. The summed E-state index contributed by atoms with van der Waals surface area (Å²) in [6.07, 6.45) is 1.71. The zero-order valence-corrected chi connectivity index (χ0v) is 10.4. The van der Waals surface area contributed by atoms with Crippen LogP contribution in [0.2, 0.25) is 0 Å². The Kier molecular flexibility index (Phi) is 3.10. The topological polar surface area (TPSA) is 77.2 Å². The number of imidazole rings is 1. The van der Waals surface area contributed by atoms with Gasteiger partial charge in [0.05, 0.1) is 6.20 Å². The fourth-order valence-corrected chi connectivity index (χ4v) is 1.78. The van der Waals surface area contributed by atoms with Crippen molar-refractivity contribution in [3.05, 3.63) is 29.0 Å². The van der Waals surface area contributed by atoms with Gasteiger partial charge in [-0.1, -0.05) is 0 Å². The minimum Gasteiger partial charge on any atom is -0.449 e. The number of nitrogens with zero attached hydrogens (tertiary/aromatic N) is 3. The van der Waals surface area contributed by atoms with Gasteiger partial charge in [-0.25, -0.2) is 4.79 Å². The zero-order valence-electron chi connectivity index (χ0n) is 8.79. The number of ether oxygens (including phenoxy) is 1. The highest BCUT2D eigenvalue weighted by Gasteiger charge is 2.14. The molecule has 0 saturated heterocycles. The molecule has 0 saturated carbocycles. The lowest BCUT2D eigenvalue weighted by Crippen LogP contribution is -2.02. The smallest absolute Gasteiger partial charge is 0.449 e. The molecule has 0 aliphatic rings. The average molecular weight is 298 g/mol. The molecule has 2 aromatic rings. The molecule has 2 aromatic heterocycles. The van der Waals surface area contributed by atoms with Crippen molar-refractivity contribution in [2.45, 2.75) is 0 Å². The van der Waals surface area contributed by atoms with E-state index in [0.29, 0.717) is 11.5 Å². The summed E-state index contributed by atoms with van der Waals surface area (Å²) >= 11 is 3.35. The van der Waals surface area contributed by atoms with E-state index in [0.717, 1.165) is 4.47 Å². The number of carboxylic acid groups (broad SMARTS) is 1. The predicted octanol–water partition coefficient (Wildman–Crippen LogP) is 2.30. The Morgan fingerprint density at radius 1 is 1.59 bits per heavy atom. The number of halogens is 1. The van der Waals surface area contributed by atoms with Crippen LogP contribution in [0.15, 0.2) is 29.0 Å². The Labute approximate surface area is 105 Å². The van der Waals surface area contributed by atoms with Crippen molar-refractivity contribution < 1.29 is 14.6 Å². The molecule has 88 valence electrons. The van der Waals surface area contributed by atoms with E-state index in [2.05, 4.69) is 30.6 Å². The summed E-state index contributed by atoms with van der Waals surface area (Å²) in [4.78, 5) is 18.6. The minimum absolute atomic E-state index is 0.0209. The summed E-state index contributed by atoms with van der Waals surface area (Å²) in [5.74, 6) is 0.543. The van der Waals surface area contributed by atoms with E-state index in [9.17, 15) is 4.79 Å². The molecule has 0 amide bonds. The summed E-state index contributed by atoms with van der Waals surface area (Å²) in [7, 11) is 1.73. The fraction of sp³-hybridized carbons (Fsp3) is 0.100. The van der Waals surface area contributed by atoms with Crippen molar-refractivity contribution in [3.8, 4) is 17.4 Å². The van der Waals surface area contributed by atoms with Crippen molar-refractivity contribution in [3.63, 3.8) is 0 Å². The average Bonchev–Trinajstić information content (AvgIpc) is 2.59. The van der Waals surface area contributed by atoms with Gasteiger partial charge < -0.3 is 14.4 Å². The Morgan fingerprint density at radius 3 is 3.00 bits per heavy atom. The van der Waals surface area contributed by atoms with Gasteiger partial charge in [0.2, 0.25) is 5.88 Å². The summed E-state index contributed by atoms with van der Waals surface area (Å²) in [5.41, 5.74) is 0.621. The molecule has 0 aliphatic carbocycles. The Morgan fingerprint density at radius 2 is 2.35 bits per heavy atom. The first-order chi connectivity index (χ1) is 8.08. The summed E-state index contributed by atoms with van der Waals surface area (Å²) in [6.45, 7) is 0. The SMILES string of the molecule is Cn1cc(OC(=O)O)nc1-c1ncccc1Br. The van der Waals surface area contributed by atoms with E-state index < -0.39 is 6.16 Å². The number of rotatable bonds is 2. The number of aromatic nitrogens is 3. The zero-order chi connectivity index (χ0) is 12.4. The molecule has 0 aliphatic heterocycles. The van der Waals surface area contributed by atoms with Gasteiger partial charge in [-0.05, 0) is 28.1 Å². The molecular weight excluding hydrogens is 290 g/mol. The highest BCUT2D eigenvalue weighted by Crippen LogP contribution is 2.26. The van der Waals surface area contributed by atoms with E-state index in [1.54, 1.807) is 23.9 Å². The molecule has 0 fully saturated rings. The molecule has 0 radical (unpaired) electrons. The first kappa shape index (κ1) is 11.6. The summed E-state index contributed by atoms with van der Waals surface area (Å²) in [5, 5.41) is 8.50. The summed E-state index contributed by atoms with van der Waals surface area (Å²) < 4.78 is 6.90. The van der Waals surface area contributed by atoms with E-state index >= 15 is 0 Å². The van der Waals surface area contributed by atoms with Crippen molar-refractivity contribution in [1.29, 1.82) is 0 Å². The Hall–Kier alpha value is -1.89. The van der Waals surface area contributed by atoms with Crippen LogP contribution in [0.5, 0.6) is 5.88 Å². The van der Waals surface area contributed by atoms with E-state index in [-0.39, 0.29) is 5.88 Å². The predicted molar refractivity (Wildman–Crippen MR) is 62.8 cm³/mol. The van der Waals surface area contributed by atoms with Gasteiger partial charge in [0, 0.05) is 17.7 Å². The maximum Gasteiger partial charge on any atom is 0.512 e. The number of aryl methyl sites for hydroxylation is 1. The second-order valence-electron chi connectivity index (χ2n) is 3.22. The van der Waals surface area contributed by atoms with Gasteiger partial charge in [0.1, 0.15) is 5.69 Å². The fourth-order valence-electron chi connectivity index (χ4n) is 1.35. The van der Waals surface area contributed by atoms with Gasteiger partial charge in [0.15, 0.2) is 5.82 Å². The Balaban J connectivity index is 2.43. The highest BCUT2D eigenvalue weighted by atomic mass is 79.9. The molecule has 6 nitrogen and oxygen atoms in total. The largest absolute Gasteiger partial charge is 0.512 e. The van der Waals surface area contributed by atoms with Crippen LogP contribution in [-0.4, -0.2) is 25.8 Å². The van der Waals surface area contributed by atoms with Crippen LogP contribution in [0.4, 0.5) is 4.79 Å². The van der Waals surface area contributed by atoms with Gasteiger partial charge in [0.25, 0.3) is 0 Å². The van der Waals surface area contributed by atoms with Gasteiger partial charge in [-0.2, -0.15) is 4.98 Å². The van der Waals surface area contributed by atoms with Crippen LogP contribution in [-0.2, 0) is 7.05 Å². The van der Waals surface area contributed by atoms with Crippen molar-refractivity contribution in [1.82, 2.24) is 14.5 Å². The van der Waals surface area contributed by atoms with Crippen LogP contribution < -0.4 is 4.74 Å². The molecule has 2 rings (SSSR count). The third kappa shape index (κ3) is 2.44. The molecule has 0 unspecified atom stereocenters. The van der Waals surface area contributed by atoms with Crippen molar-refractivity contribution >= 4 is 22.1 Å². The maximum absolute atomic E-state index is 10.4. The van der Waals surface area contributed by atoms with E-state index in [4.69, 9.17) is 5.11 Å². The second-order valence-corrected chi connectivity index (χ2v) is 4.07. The molecule has 2 heterocycles. The third-order valence-electron chi connectivity index (χ3n) is 2.02. The monoisotopic (exact) mass is 297 g/mol. The minimum atomic E-state index is -1.39. The standard InChI is InChI=1S/C10H8BrN3O3/c1-14-5-7(17-10(15)16)13-9(14)8-6(11)3-2-4-12-8/h2-5H,1H3,(H,15,16). The quantitative estimate of drug-likeness (QED) is 0.861. The van der Waals surface area contributed by atoms with Crippen molar-refractivity contribution in [2.75, 3.05) is 0 Å². The lowest BCUT2D eigenvalue weighted by atomic mass is 10.3. The first-order valence-electron chi connectivity index (χ1n) is 4.63. The Bertz CT molecular complexity index is 568. The van der Waals surface area contributed by atoms with Crippen LogP contribution in [0, 0.1) is 0 Å². The van der Waals surface area contributed by atoms with Gasteiger partial charge in [-0.15, -0.1) is 0 Å². The van der Waals surface area contributed by atoms with Gasteiger partial charge >= 0.3 is 6.16 Å². The third-order valence-corrected chi connectivity index (χ3v) is 2.66. The van der Waals surface area contributed by atoms with E-state index in [1.165, 1.54) is 6.20 Å². The molecule has 1 N–H and O–H groups in total. The van der Waals surface area contributed by atoms with Crippen molar-refractivity contribution in [2.24, 2.45) is 7.05 Å². The number of carbonyl (C=O) groups is 1. The molecule has 17 heavy (non-hydrogen) atoms. The summed E-state index contributed by atoms with van der Waals surface area (Å²) in [6, 6.07) is 3.61. The van der Waals surface area contributed by atoms with E-state index in [1.807, 2.05) is 6.07 Å². The molecule has 7 heteroatoms. The van der Waals surface area contributed by atoms with Crippen LogP contribution >= 0.6 is 15.9 Å². The molecular formula is C10H8BrN3O3. The lowest BCUT2D eigenvalue weighted by molar-refractivity contribution is 0.142. The van der Waals surface area contributed by atoms with Crippen LogP contribution in [0.1, 0.15) is 0 Å². The molecule has 0 bridgehead atoms. The lowest BCUT2D eigenvalue weighted by Gasteiger charge is -2.01. The van der Waals surface area contributed by atoms with Crippen LogP contribution in [0.3, 0.4) is 0 Å².